The third-order valence-corrected chi connectivity index (χ3v) is 8.35. The van der Waals surface area contributed by atoms with Crippen LogP contribution in [0.4, 0.5) is 4.79 Å². The number of nitrogens with zero attached hydrogens (tertiary/aromatic N) is 4. The number of carbonyl (C=O) groups excluding carboxylic acids is 4. The monoisotopic (exact) mass is 598 g/mol. The van der Waals surface area contributed by atoms with E-state index in [0.717, 1.165) is 37.1 Å². The number of imidazole rings is 1. The summed E-state index contributed by atoms with van der Waals surface area (Å²) in [5, 5.41) is 5.16. The van der Waals surface area contributed by atoms with Gasteiger partial charge < -0.3 is 19.7 Å². The number of aromatic nitrogens is 2. The molecule has 3 saturated heterocycles. The van der Waals surface area contributed by atoms with Crippen LogP contribution in [0.25, 0.3) is 11.0 Å². The van der Waals surface area contributed by atoms with Gasteiger partial charge in [-0.3, -0.25) is 33.7 Å². The Labute approximate surface area is 250 Å². The molecule has 0 aliphatic carbocycles. The second-order valence-corrected chi connectivity index (χ2v) is 12.7. The SMILES string of the molecule is Cn1c(=O)n(C2CCC(=O)NC2=O)c2ccc(CCN3CCN(C(=O)[C@@H]4CC[C@@H](NC(=O)OC(C)(C)C)CO4)CC3)cc21. The summed E-state index contributed by atoms with van der Waals surface area (Å²) in [6.07, 6.45) is 1.53. The van der Waals surface area contributed by atoms with E-state index >= 15 is 0 Å². The lowest BCUT2D eigenvalue weighted by molar-refractivity contribution is -0.149. The Hall–Kier alpha value is -3.71. The third kappa shape index (κ3) is 7.10. The highest BCUT2D eigenvalue weighted by molar-refractivity contribution is 6.00. The van der Waals surface area contributed by atoms with Crippen molar-refractivity contribution in [2.75, 3.05) is 39.3 Å². The topological polar surface area (TPSA) is 144 Å². The number of carbonyl (C=O) groups is 4. The molecule has 4 amide bonds. The van der Waals surface area contributed by atoms with E-state index in [9.17, 15) is 24.0 Å². The molecular weight excluding hydrogens is 556 g/mol. The third-order valence-electron chi connectivity index (χ3n) is 8.35. The van der Waals surface area contributed by atoms with E-state index in [1.807, 2.05) is 43.9 Å². The molecule has 4 heterocycles. The molecule has 234 valence electrons. The van der Waals surface area contributed by atoms with Gasteiger partial charge in [0.05, 0.1) is 23.7 Å². The van der Waals surface area contributed by atoms with Gasteiger partial charge in [-0.05, 0) is 64.2 Å². The first kappa shape index (κ1) is 30.7. The zero-order valence-electron chi connectivity index (χ0n) is 25.4. The number of nitrogens with one attached hydrogen (secondary N) is 2. The first-order chi connectivity index (χ1) is 20.4. The van der Waals surface area contributed by atoms with Crippen LogP contribution >= 0.6 is 0 Å². The van der Waals surface area contributed by atoms with E-state index in [0.29, 0.717) is 37.9 Å². The number of alkyl carbamates (subject to hydrolysis) is 1. The average Bonchev–Trinajstić information content (AvgIpc) is 3.20. The summed E-state index contributed by atoms with van der Waals surface area (Å²) < 4.78 is 14.2. The smallest absolute Gasteiger partial charge is 0.407 e. The van der Waals surface area contributed by atoms with Gasteiger partial charge in [-0.15, -0.1) is 0 Å². The number of ether oxygens (including phenoxy) is 2. The van der Waals surface area contributed by atoms with Crippen molar-refractivity contribution < 1.29 is 28.7 Å². The van der Waals surface area contributed by atoms with Gasteiger partial charge in [0, 0.05) is 46.2 Å². The zero-order valence-corrected chi connectivity index (χ0v) is 25.4. The predicted molar refractivity (Wildman–Crippen MR) is 157 cm³/mol. The van der Waals surface area contributed by atoms with Crippen LogP contribution in [0.2, 0.25) is 0 Å². The molecule has 2 N–H and O–H groups in total. The van der Waals surface area contributed by atoms with Crippen LogP contribution < -0.4 is 16.3 Å². The fourth-order valence-corrected chi connectivity index (χ4v) is 6.01. The molecule has 1 aromatic heterocycles. The van der Waals surface area contributed by atoms with Crippen molar-refractivity contribution in [3.8, 4) is 0 Å². The van der Waals surface area contributed by atoms with Crippen molar-refractivity contribution in [3.05, 3.63) is 34.2 Å². The molecule has 3 fully saturated rings. The molecule has 3 atom stereocenters. The van der Waals surface area contributed by atoms with Gasteiger partial charge in [0.2, 0.25) is 11.8 Å². The van der Waals surface area contributed by atoms with Crippen molar-refractivity contribution in [2.24, 2.45) is 7.05 Å². The molecule has 1 aromatic carbocycles. The summed E-state index contributed by atoms with van der Waals surface area (Å²) in [7, 11) is 1.70. The molecule has 0 bridgehead atoms. The number of fused-ring (bicyclic) bond motifs is 1. The van der Waals surface area contributed by atoms with Gasteiger partial charge in [-0.2, -0.15) is 0 Å². The molecule has 13 heteroatoms. The molecule has 1 unspecified atom stereocenters. The molecule has 13 nitrogen and oxygen atoms in total. The van der Waals surface area contributed by atoms with E-state index < -0.39 is 29.7 Å². The number of piperidine rings is 1. The van der Waals surface area contributed by atoms with Crippen LogP contribution in [0.3, 0.4) is 0 Å². The van der Waals surface area contributed by atoms with E-state index in [2.05, 4.69) is 15.5 Å². The fraction of sp³-hybridized carbons (Fsp3) is 0.633. The second-order valence-electron chi connectivity index (χ2n) is 12.7. The van der Waals surface area contributed by atoms with E-state index in [1.54, 1.807) is 11.6 Å². The van der Waals surface area contributed by atoms with Crippen LogP contribution in [0, 0.1) is 0 Å². The van der Waals surface area contributed by atoms with Gasteiger partial charge in [0.15, 0.2) is 0 Å². The number of aryl methyl sites for hydroxylation is 1. The Morgan fingerprint density at radius 1 is 1.05 bits per heavy atom. The quantitative estimate of drug-likeness (QED) is 0.470. The Balaban J connectivity index is 1.09. The van der Waals surface area contributed by atoms with Crippen LogP contribution in [-0.2, 0) is 37.3 Å². The minimum absolute atomic E-state index is 0.00209. The summed E-state index contributed by atoms with van der Waals surface area (Å²) in [6.45, 7) is 9.30. The first-order valence-corrected chi connectivity index (χ1v) is 15.1. The lowest BCUT2D eigenvalue weighted by Gasteiger charge is -2.38. The Morgan fingerprint density at radius 3 is 2.44 bits per heavy atom. The number of piperazine rings is 1. The Bertz CT molecular complexity index is 1440. The number of rotatable bonds is 6. The Morgan fingerprint density at radius 2 is 1.79 bits per heavy atom. The zero-order chi connectivity index (χ0) is 30.9. The van der Waals surface area contributed by atoms with E-state index in [-0.39, 0.29) is 36.6 Å². The summed E-state index contributed by atoms with van der Waals surface area (Å²) in [5.41, 5.74) is 1.65. The summed E-state index contributed by atoms with van der Waals surface area (Å²) in [5.74, 6) is -0.753. The normalized spacial score (nSPS) is 23.7. The van der Waals surface area contributed by atoms with E-state index in [1.165, 1.54) is 4.57 Å². The minimum Gasteiger partial charge on any atom is -0.444 e. The molecule has 5 rings (SSSR count). The van der Waals surface area contributed by atoms with Gasteiger partial charge in [-0.1, -0.05) is 6.07 Å². The molecular formula is C30H42N6O7. The van der Waals surface area contributed by atoms with Crippen molar-refractivity contribution in [2.45, 2.75) is 76.7 Å². The van der Waals surface area contributed by atoms with Crippen molar-refractivity contribution >= 4 is 34.8 Å². The molecule has 3 aliphatic rings. The molecule has 2 aromatic rings. The van der Waals surface area contributed by atoms with E-state index in [4.69, 9.17) is 9.47 Å². The van der Waals surface area contributed by atoms with Crippen molar-refractivity contribution in [3.63, 3.8) is 0 Å². The van der Waals surface area contributed by atoms with Crippen molar-refractivity contribution in [1.29, 1.82) is 0 Å². The lowest BCUT2D eigenvalue weighted by Crippen LogP contribution is -2.54. The first-order valence-electron chi connectivity index (χ1n) is 15.1. The summed E-state index contributed by atoms with van der Waals surface area (Å²) in [4.78, 5) is 66.3. The largest absolute Gasteiger partial charge is 0.444 e. The number of amides is 4. The standard InChI is InChI=1S/C30H42N6O7/c1-30(2,3)43-28(40)31-20-6-9-24(42-18-20)27(39)35-15-13-34(14-16-35)12-11-19-5-7-21-23(17-19)33(4)29(41)36(21)22-8-10-25(37)32-26(22)38/h5,7,17,20,22,24H,6,8-16,18H2,1-4H3,(H,31,40)(H,32,37,38)/t20-,22?,24+/m1/s1. The van der Waals surface area contributed by atoms with Crippen LogP contribution in [0.1, 0.15) is 58.1 Å². The van der Waals surface area contributed by atoms with Gasteiger partial charge in [0.25, 0.3) is 5.91 Å². The average molecular weight is 599 g/mol. The summed E-state index contributed by atoms with van der Waals surface area (Å²) >= 11 is 0. The highest BCUT2D eigenvalue weighted by atomic mass is 16.6. The highest BCUT2D eigenvalue weighted by Crippen LogP contribution is 2.24. The summed E-state index contributed by atoms with van der Waals surface area (Å²) in [6, 6.07) is 4.98. The molecule has 43 heavy (non-hydrogen) atoms. The molecule has 3 aliphatic heterocycles. The maximum absolute atomic E-state index is 13.1. The fourth-order valence-electron chi connectivity index (χ4n) is 6.01. The lowest BCUT2D eigenvalue weighted by atomic mass is 10.0. The van der Waals surface area contributed by atoms with Crippen LogP contribution in [0.5, 0.6) is 0 Å². The Kier molecular flexibility index (Phi) is 8.93. The molecule has 0 saturated carbocycles. The molecule has 0 radical (unpaired) electrons. The predicted octanol–water partition coefficient (Wildman–Crippen LogP) is 1.08. The second kappa shape index (κ2) is 12.5. The minimum atomic E-state index is -0.701. The van der Waals surface area contributed by atoms with Crippen LogP contribution in [-0.4, -0.2) is 99.8 Å². The maximum Gasteiger partial charge on any atom is 0.407 e. The number of imide groups is 1. The van der Waals surface area contributed by atoms with Gasteiger partial charge >= 0.3 is 11.8 Å². The number of hydrogen-bond acceptors (Lipinski definition) is 8. The molecule has 0 spiro atoms. The van der Waals surface area contributed by atoms with Crippen LogP contribution in [0.15, 0.2) is 23.0 Å². The van der Waals surface area contributed by atoms with Gasteiger partial charge in [-0.25, -0.2) is 9.59 Å². The van der Waals surface area contributed by atoms with Gasteiger partial charge in [0.1, 0.15) is 17.7 Å². The number of benzene rings is 1. The highest BCUT2D eigenvalue weighted by Gasteiger charge is 2.34. The van der Waals surface area contributed by atoms with Crippen molar-refractivity contribution in [1.82, 2.24) is 29.6 Å². The maximum atomic E-state index is 13.1. The number of hydrogen-bond donors (Lipinski definition) is 2.